The molecule has 2 aliphatic heterocycles. The largest absolute Gasteiger partial charge is 0.492 e. The Labute approximate surface area is 193 Å². The highest BCUT2D eigenvalue weighted by Crippen LogP contribution is 2.28. The van der Waals surface area contributed by atoms with Crippen LogP contribution in [-0.4, -0.2) is 32.8 Å². The molecule has 0 N–H and O–H groups in total. The van der Waals surface area contributed by atoms with Crippen molar-refractivity contribution in [1.82, 2.24) is 14.1 Å². The topological polar surface area (TPSA) is 100 Å². The Morgan fingerprint density at radius 2 is 1.48 bits per heavy atom. The summed E-state index contributed by atoms with van der Waals surface area (Å²) in [7, 11) is 2.68. The Morgan fingerprint density at radius 3 is 2.09 bits per heavy atom. The summed E-state index contributed by atoms with van der Waals surface area (Å²) in [5, 5.41) is 0. The number of hydrogen-bond acceptors (Lipinski definition) is 6. The number of carbonyl (C=O) groups excluding carboxylic acids is 2. The third-order valence-corrected chi connectivity index (χ3v) is 6.26. The summed E-state index contributed by atoms with van der Waals surface area (Å²) >= 11 is 0. The van der Waals surface area contributed by atoms with Gasteiger partial charge in [-0.2, -0.15) is 4.98 Å². The number of unbranched alkanes of at least 4 members (excludes halogenated alkanes) is 9. The molecular weight excluding hydrogens is 422 g/mol. The van der Waals surface area contributed by atoms with E-state index < -0.39 is 22.8 Å². The summed E-state index contributed by atoms with van der Waals surface area (Å²) in [5.74, 6) is -0.782. The Bertz CT molecular complexity index is 1140. The molecule has 3 aliphatic rings. The van der Waals surface area contributed by atoms with E-state index in [0.717, 1.165) is 36.3 Å². The van der Waals surface area contributed by atoms with Crippen LogP contribution in [0.5, 0.6) is 0 Å². The highest BCUT2D eigenvalue weighted by atomic mass is 16.5. The summed E-state index contributed by atoms with van der Waals surface area (Å²) in [6.07, 6.45) is 12.7. The Hall–Kier alpha value is -3.03. The van der Waals surface area contributed by atoms with E-state index >= 15 is 0 Å². The zero-order valence-corrected chi connectivity index (χ0v) is 19.8. The van der Waals surface area contributed by atoms with Crippen molar-refractivity contribution in [3.8, 4) is 11.4 Å². The van der Waals surface area contributed by atoms with E-state index in [-0.39, 0.29) is 28.4 Å². The molecule has 33 heavy (non-hydrogen) atoms. The fourth-order valence-corrected chi connectivity index (χ4v) is 4.32. The highest BCUT2D eigenvalue weighted by molar-refractivity contribution is 6.23. The van der Waals surface area contributed by atoms with Crippen molar-refractivity contribution in [3.05, 3.63) is 50.0 Å². The van der Waals surface area contributed by atoms with Gasteiger partial charge in [-0.3, -0.25) is 19.0 Å². The van der Waals surface area contributed by atoms with Gasteiger partial charge in [-0.15, -0.1) is 0 Å². The summed E-state index contributed by atoms with van der Waals surface area (Å²) in [6, 6.07) is 1.37. The molecule has 0 aromatic rings. The van der Waals surface area contributed by atoms with Crippen LogP contribution in [0.2, 0.25) is 0 Å². The van der Waals surface area contributed by atoms with E-state index in [1.54, 1.807) is 4.57 Å². The number of methoxy groups -OCH3 is 1. The van der Waals surface area contributed by atoms with Gasteiger partial charge in [-0.25, -0.2) is 4.79 Å². The molecule has 0 spiro atoms. The third kappa shape index (κ3) is 5.31. The van der Waals surface area contributed by atoms with Gasteiger partial charge in [0.2, 0.25) is 5.78 Å². The van der Waals surface area contributed by atoms with Gasteiger partial charge in [0.05, 0.1) is 18.2 Å². The fourth-order valence-electron chi connectivity index (χ4n) is 4.32. The maximum absolute atomic E-state index is 13.0. The number of fused-ring (bicyclic) bond motifs is 2. The minimum atomic E-state index is -0.693. The van der Waals surface area contributed by atoms with Gasteiger partial charge in [0.25, 0.3) is 5.56 Å². The normalized spacial score (nSPS) is 13.4. The van der Waals surface area contributed by atoms with Gasteiger partial charge >= 0.3 is 5.69 Å². The number of allylic oxidation sites excluding steroid dienone is 2. The van der Waals surface area contributed by atoms with Crippen LogP contribution in [-0.2, 0) is 18.3 Å². The van der Waals surface area contributed by atoms with Gasteiger partial charge in [0.15, 0.2) is 17.4 Å². The highest BCUT2D eigenvalue weighted by Gasteiger charge is 2.33. The van der Waals surface area contributed by atoms with Crippen molar-refractivity contribution in [2.24, 2.45) is 7.05 Å². The molecule has 8 nitrogen and oxygen atoms in total. The molecular formula is C25H33N3O5. The van der Waals surface area contributed by atoms with Crippen molar-refractivity contribution in [2.45, 2.75) is 77.7 Å². The van der Waals surface area contributed by atoms with Crippen LogP contribution >= 0.6 is 0 Å². The molecule has 0 fully saturated rings. The maximum Gasteiger partial charge on any atom is 0.352 e. The van der Waals surface area contributed by atoms with Crippen molar-refractivity contribution >= 4 is 11.6 Å². The second kappa shape index (κ2) is 11.2. The average molecular weight is 456 g/mol. The minimum absolute atomic E-state index is 0.0603. The van der Waals surface area contributed by atoms with Gasteiger partial charge in [-0.1, -0.05) is 64.7 Å². The number of hydrogen-bond donors (Lipinski definition) is 0. The van der Waals surface area contributed by atoms with Crippen molar-refractivity contribution < 1.29 is 14.3 Å². The molecule has 0 saturated heterocycles. The van der Waals surface area contributed by atoms with Gasteiger partial charge in [-0.05, 0) is 12.5 Å². The van der Waals surface area contributed by atoms with Gasteiger partial charge < -0.3 is 9.30 Å². The molecule has 1 aliphatic carbocycles. The second-order valence-electron chi connectivity index (χ2n) is 8.64. The second-order valence-corrected chi connectivity index (χ2v) is 8.64. The standard InChI is InChI=1S/C25H33N3O5/c1-4-5-6-7-8-9-10-11-12-13-14-28-21-17(19(29)16-20(33-3)22(21)30)15-18-23(28)26-25(32)27(2)24(18)31/h15-16H,4-14H2,1-3H3. The first-order valence-electron chi connectivity index (χ1n) is 11.9. The summed E-state index contributed by atoms with van der Waals surface area (Å²) in [6.45, 7) is 2.60. The van der Waals surface area contributed by atoms with Crippen LogP contribution in [0, 0.1) is 0 Å². The molecule has 0 aromatic carbocycles. The number of ketones is 2. The minimum Gasteiger partial charge on any atom is -0.492 e. The lowest BCUT2D eigenvalue weighted by Crippen LogP contribution is -2.37. The van der Waals surface area contributed by atoms with E-state index in [1.807, 2.05) is 0 Å². The average Bonchev–Trinajstić information content (AvgIpc) is 2.80. The van der Waals surface area contributed by atoms with Crippen LogP contribution in [0.1, 0.15) is 92.0 Å². The number of aromatic nitrogens is 3. The van der Waals surface area contributed by atoms with E-state index in [4.69, 9.17) is 4.74 Å². The number of nitrogens with zero attached hydrogens (tertiary/aromatic N) is 3. The number of rotatable bonds is 12. The number of ether oxygens (including phenoxy) is 1. The molecule has 0 saturated carbocycles. The molecule has 2 heterocycles. The Morgan fingerprint density at radius 1 is 0.879 bits per heavy atom. The van der Waals surface area contributed by atoms with E-state index in [9.17, 15) is 19.2 Å². The number of pyridine rings is 1. The number of Topliss-reactive ketones (excluding diaryl/α,β-unsaturated/α-hetero) is 1. The summed E-state index contributed by atoms with van der Waals surface area (Å²) in [4.78, 5) is 54.7. The lowest BCUT2D eigenvalue weighted by Gasteiger charge is -2.24. The van der Waals surface area contributed by atoms with Crippen LogP contribution in [0.4, 0.5) is 0 Å². The zero-order chi connectivity index (χ0) is 24.0. The predicted molar refractivity (Wildman–Crippen MR) is 126 cm³/mol. The Balaban J connectivity index is 1.81. The maximum atomic E-state index is 13.0. The van der Waals surface area contributed by atoms with Crippen molar-refractivity contribution in [2.75, 3.05) is 7.11 Å². The lowest BCUT2D eigenvalue weighted by molar-refractivity contribution is 0.0906. The van der Waals surface area contributed by atoms with E-state index in [0.29, 0.717) is 6.54 Å². The molecule has 0 amide bonds. The Kier molecular flexibility index (Phi) is 8.36. The monoisotopic (exact) mass is 455 g/mol. The molecule has 0 unspecified atom stereocenters. The van der Waals surface area contributed by atoms with E-state index in [1.165, 1.54) is 58.7 Å². The first-order chi connectivity index (χ1) is 15.9. The first-order valence-corrected chi connectivity index (χ1v) is 11.9. The van der Waals surface area contributed by atoms with Crippen molar-refractivity contribution in [3.63, 3.8) is 0 Å². The smallest absolute Gasteiger partial charge is 0.352 e. The molecule has 3 rings (SSSR count). The molecule has 8 heteroatoms. The van der Waals surface area contributed by atoms with E-state index in [2.05, 4.69) is 11.9 Å². The molecule has 0 radical (unpaired) electrons. The van der Waals surface area contributed by atoms with Crippen LogP contribution < -0.4 is 11.2 Å². The lowest BCUT2D eigenvalue weighted by atomic mass is 9.95. The van der Waals surface area contributed by atoms with Crippen LogP contribution in [0.3, 0.4) is 0 Å². The van der Waals surface area contributed by atoms with Crippen molar-refractivity contribution in [1.29, 1.82) is 0 Å². The van der Waals surface area contributed by atoms with Gasteiger partial charge in [0.1, 0.15) is 5.69 Å². The first kappa shape index (κ1) is 24.6. The molecule has 0 aromatic heterocycles. The quantitative estimate of drug-likeness (QED) is 0.450. The zero-order valence-electron chi connectivity index (χ0n) is 19.8. The molecule has 0 bridgehead atoms. The molecule has 0 atom stereocenters. The third-order valence-electron chi connectivity index (χ3n) is 6.26. The fraction of sp³-hybridized carbons (Fsp3) is 0.560. The van der Waals surface area contributed by atoms with Crippen LogP contribution in [0.15, 0.2) is 27.5 Å². The number of carbonyl (C=O) groups is 2. The SMILES string of the molecule is CCCCCCCCCCCCn1c2nc(=O)n(C)c(=O)c-2cc2c1C(=O)C(OC)=CC2=O. The van der Waals surface area contributed by atoms with Gasteiger partial charge in [0, 0.05) is 19.7 Å². The summed E-state index contributed by atoms with van der Waals surface area (Å²) < 4.78 is 7.57. The molecule has 178 valence electrons. The summed E-state index contributed by atoms with van der Waals surface area (Å²) in [5.41, 5.74) is -0.813. The predicted octanol–water partition coefficient (Wildman–Crippen LogP) is 3.88. The van der Waals surface area contributed by atoms with Crippen LogP contribution in [0.25, 0.3) is 11.4 Å².